The summed E-state index contributed by atoms with van der Waals surface area (Å²) in [6.45, 7) is 0.173. The smallest absolute Gasteiger partial charge is 0.266 e. The van der Waals surface area contributed by atoms with E-state index in [4.69, 9.17) is 9.47 Å². The van der Waals surface area contributed by atoms with Crippen LogP contribution in [0.1, 0.15) is 15.2 Å². The summed E-state index contributed by atoms with van der Waals surface area (Å²) in [5.41, 5.74) is 1.21. The highest BCUT2D eigenvalue weighted by Crippen LogP contribution is 2.34. The molecule has 1 amide bonds. The molecule has 3 aromatic rings. The number of hydrogen-bond acceptors (Lipinski definition) is 4. The first kappa shape index (κ1) is 16.4. The topological polar surface area (TPSA) is 47.6 Å². The third-order valence-electron chi connectivity index (χ3n) is 3.61. The van der Waals surface area contributed by atoms with Crippen LogP contribution in [0.4, 0.5) is 10.1 Å². The number of ether oxygens (including phenoxy) is 2. The zero-order valence-electron chi connectivity index (χ0n) is 13.3. The Morgan fingerprint density at radius 2 is 1.92 bits per heavy atom. The fourth-order valence-corrected chi connectivity index (χ4v) is 3.61. The summed E-state index contributed by atoms with van der Waals surface area (Å²) in [5, 5.41) is 3.28. The lowest BCUT2D eigenvalue weighted by Crippen LogP contribution is -2.12. The van der Waals surface area contributed by atoms with Gasteiger partial charge in [-0.25, -0.2) is 4.39 Å². The van der Waals surface area contributed by atoms with Crippen molar-refractivity contribution in [2.24, 2.45) is 0 Å². The molecule has 1 aromatic heterocycles. The molecular formula is C18H16FNO3S. The number of amides is 1. The van der Waals surface area contributed by atoms with Crippen molar-refractivity contribution in [3.63, 3.8) is 0 Å². The first-order valence-electron chi connectivity index (χ1n) is 7.28. The van der Waals surface area contributed by atoms with Gasteiger partial charge in [0.15, 0.2) is 0 Å². The van der Waals surface area contributed by atoms with E-state index in [2.05, 4.69) is 5.32 Å². The number of nitrogens with one attached hydrogen (secondary N) is 1. The first-order chi connectivity index (χ1) is 11.6. The van der Waals surface area contributed by atoms with E-state index in [1.54, 1.807) is 43.5 Å². The van der Waals surface area contributed by atoms with Gasteiger partial charge in [-0.2, -0.15) is 0 Å². The van der Waals surface area contributed by atoms with E-state index >= 15 is 0 Å². The van der Waals surface area contributed by atoms with Crippen molar-refractivity contribution in [2.45, 2.75) is 6.61 Å². The second-order valence-electron chi connectivity index (χ2n) is 5.14. The van der Waals surface area contributed by atoms with Crippen molar-refractivity contribution in [2.75, 3.05) is 19.5 Å². The number of anilines is 1. The average molecular weight is 345 g/mol. The van der Waals surface area contributed by atoms with Crippen molar-refractivity contribution < 1.29 is 18.7 Å². The van der Waals surface area contributed by atoms with Crippen LogP contribution in [0.5, 0.6) is 5.75 Å². The van der Waals surface area contributed by atoms with Crippen LogP contribution < -0.4 is 10.1 Å². The van der Waals surface area contributed by atoms with Crippen LogP contribution in [0, 0.1) is 5.82 Å². The van der Waals surface area contributed by atoms with Gasteiger partial charge in [0, 0.05) is 28.4 Å². The van der Waals surface area contributed by atoms with E-state index in [-0.39, 0.29) is 18.3 Å². The summed E-state index contributed by atoms with van der Waals surface area (Å²) in [4.78, 5) is 13.1. The number of thiophene rings is 1. The molecule has 0 aliphatic rings. The van der Waals surface area contributed by atoms with E-state index in [1.165, 1.54) is 24.5 Å². The molecule has 6 heteroatoms. The number of rotatable bonds is 5. The summed E-state index contributed by atoms with van der Waals surface area (Å²) in [6, 6.07) is 11.8. The molecule has 0 fully saturated rings. The highest BCUT2D eigenvalue weighted by Gasteiger charge is 2.20. The fraction of sp³-hybridized carbons (Fsp3) is 0.167. The molecule has 0 radical (unpaired) electrons. The van der Waals surface area contributed by atoms with Gasteiger partial charge in [0.1, 0.15) is 11.6 Å². The molecule has 0 saturated heterocycles. The van der Waals surface area contributed by atoms with Crippen LogP contribution in [0.2, 0.25) is 0 Å². The van der Waals surface area contributed by atoms with E-state index in [0.29, 0.717) is 27.3 Å². The number of carbonyl (C=O) groups is 1. The van der Waals surface area contributed by atoms with Gasteiger partial charge < -0.3 is 14.8 Å². The van der Waals surface area contributed by atoms with Crippen LogP contribution in [0.15, 0.2) is 42.5 Å². The minimum absolute atomic E-state index is 0.173. The minimum atomic E-state index is -0.348. The predicted molar refractivity (Wildman–Crippen MR) is 93.4 cm³/mol. The summed E-state index contributed by atoms with van der Waals surface area (Å²) in [6.07, 6.45) is 0. The number of fused-ring (bicyclic) bond motifs is 1. The normalized spacial score (nSPS) is 10.8. The second-order valence-corrected chi connectivity index (χ2v) is 6.19. The molecule has 1 heterocycles. The highest BCUT2D eigenvalue weighted by atomic mass is 32.1. The maximum atomic E-state index is 14.2. The van der Waals surface area contributed by atoms with Crippen LogP contribution in [-0.2, 0) is 11.3 Å². The van der Waals surface area contributed by atoms with E-state index in [9.17, 15) is 9.18 Å². The summed E-state index contributed by atoms with van der Waals surface area (Å²) in [5.74, 6) is 0.0733. The number of hydrogen-bond donors (Lipinski definition) is 1. The molecule has 1 N–H and O–H groups in total. The maximum Gasteiger partial charge on any atom is 0.266 e. The molecule has 4 nitrogen and oxygen atoms in total. The summed E-state index contributed by atoms with van der Waals surface area (Å²) < 4.78 is 25.1. The SMILES string of the molecule is COCc1c(C(=O)Nc2ccc(OC)cc2)sc2cccc(F)c12. The molecule has 0 saturated carbocycles. The lowest BCUT2D eigenvalue weighted by Gasteiger charge is -2.07. The molecule has 24 heavy (non-hydrogen) atoms. The van der Waals surface area contributed by atoms with Crippen LogP contribution in [-0.4, -0.2) is 20.1 Å². The molecule has 0 atom stereocenters. The standard InChI is InChI=1S/C18H16FNO3S/c1-22-10-13-16-14(19)4-3-5-15(16)24-17(13)18(21)20-11-6-8-12(23-2)9-7-11/h3-9H,10H2,1-2H3,(H,20,21). The maximum absolute atomic E-state index is 14.2. The first-order valence-corrected chi connectivity index (χ1v) is 8.10. The number of benzene rings is 2. The molecule has 124 valence electrons. The predicted octanol–water partition coefficient (Wildman–Crippen LogP) is 4.45. The quantitative estimate of drug-likeness (QED) is 0.743. The molecule has 0 unspecified atom stereocenters. The van der Waals surface area contributed by atoms with Gasteiger partial charge in [0.25, 0.3) is 5.91 Å². The van der Waals surface area contributed by atoms with Crippen molar-refractivity contribution in [3.8, 4) is 5.75 Å². The Morgan fingerprint density at radius 1 is 1.17 bits per heavy atom. The largest absolute Gasteiger partial charge is 0.497 e. The third kappa shape index (κ3) is 3.11. The minimum Gasteiger partial charge on any atom is -0.497 e. The monoisotopic (exact) mass is 345 g/mol. The van der Waals surface area contributed by atoms with Crippen molar-refractivity contribution >= 4 is 33.0 Å². The van der Waals surface area contributed by atoms with Gasteiger partial charge in [-0.1, -0.05) is 6.07 Å². The Labute approximate surface area is 142 Å². The zero-order valence-corrected chi connectivity index (χ0v) is 14.1. The van der Waals surface area contributed by atoms with Crippen molar-refractivity contribution in [1.29, 1.82) is 0 Å². The number of methoxy groups -OCH3 is 2. The lowest BCUT2D eigenvalue weighted by molar-refractivity contribution is 0.102. The van der Waals surface area contributed by atoms with Crippen molar-refractivity contribution in [1.82, 2.24) is 0 Å². The van der Waals surface area contributed by atoms with Crippen molar-refractivity contribution in [3.05, 3.63) is 58.7 Å². The van der Waals surface area contributed by atoms with Gasteiger partial charge in [0.05, 0.1) is 18.6 Å². The Morgan fingerprint density at radius 3 is 2.58 bits per heavy atom. The Hall–Kier alpha value is -2.44. The van der Waals surface area contributed by atoms with Crippen LogP contribution in [0.3, 0.4) is 0 Å². The van der Waals surface area contributed by atoms with Gasteiger partial charge in [-0.3, -0.25) is 4.79 Å². The summed E-state index contributed by atoms with van der Waals surface area (Å²) in [7, 11) is 3.10. The Balaban J connectivity index is 1.96. The van der Waals surface area contributed by atoms with Gasteiger partial charge in [-0.05, 0) is 36.4 Å². The molecule has 0 aliphatic heterocycles. The van der Waals surface area contributed by atoms with E-state index in [0.717, 1.165) is 4.70 Å². The number of carbonyl (C=O) groups excluding carboxylic acids is 1. The zero-order chi connectivity index (χ0) is 17.1. The average Bonchev–Trinajstić information content (AvgIpc) is 2.96. The molecule has 0 spiro atoms. The van der Waals surface area contributed by atoms with E-state index < -0.39 is 0 Å². The molecule has 0 bridgehead atoms. The Kier molecular flexibility index (Phi) is 4.78. The second kappa shape index (κ2) is 6.98. The molecular weight excluding hydrogens is 329 g/mol. The molecule has 3 rings (SSSR count). The van der Waals surface area contributed by atoms with Gasteiger partial charge >= 0.3 is 0 Å². The van der Waals surface area contributed by atoms with Crippen LogP contribution >= 0.6 is 11.3 Å². The van der Waals surface area contributed by atoms with Gasteiger partial charge in [-0.15, -0.1) is 11.3 Å². The Bertz CT molecular complexity index is 874. The van der Waals surface area contributed by atoms with Gasteiger partial charge in [0.2, 0.25) is 0 Å². The molecule has 2 aromatic carbocycles. The molecule has 0 aliphatic carbocycles. The van der Waals surface area contributed by atoms with E-state index in [1.807, 2.05) is 0 Å². The summed E-state index contributed by atoms with van der Waals surface area (Å²) >= 11 is 1.26. The lowest BCUT2D eigenvalue weighted by atomic mass is 10.1. The highest BCUT2D eigenvalue weighted by molar-refractivity contribution is 7.21. The fourth-order valence-electron chi connectivity index (χ4n) is 2.50. The van der Waals surface area contributed by atoms with Crippen LogP contribution in [0.25, 0.3) is 10.1 Å². The third-order valence-corrected chi connectivity index (χ3v) is 4.80. The number of halogens is 1.